The van der Waals surface area contributed by atoms with Gasteiger partial charge < -0.3 is 5.32 Å². The van der Waals surface area contributed by atoms with Crippen LogP contribution >= 0.6 is 0 Å². The highest BCUT2D eigenvalue weighted by atomic mass is 19.1. The monoisotopic (exact) mass is 382 g/mol. The third-order valence-electron chi connectivity index (χ3n) is 5.32. The number of nitrogens with zero attached hydrogens (tertiary/aromatic N) is 5. The van der Waals surface area contributed by atoms with Crippen molar-refractivity contribution >= 4 is 16.6 Å². The van der Waals surface area contributed by atoms with Crippen molar-refractivity contribution in [2.45, 2.75) is 32.5 Å². The lowest BCUT2D eigenvalue weighted by Gasteiger charge is -2.26. The van der Waals surface area contributed by atoms with Crippen LogP contribution in [0.15, 0.2) is 30.6 Å². The number of alkyl halides is 1. The summed E-state index contributed by atoms with van der Waals surface area (Å²) in [6.45, 7) is 4.88. The van der Waals surface area contributed by atoms with Crippen LogP contribution in [0.1, 0.15) is 23.7 Å². The number of aryl methyl sites for hydroxylation is 2. The molecule has 2 unspecified atom stereocenters. The molecule has 144 valence electrons. The highest BCUT2D eigenvalue weighted by Gasteiger charge is 2.27. The fourth-order valence-corrected chi connectivity index (χ4v) is 3.92. The van der Waals surface area contributed by atoms with Gasteiger partial charge in [-0.15, -0.1) is 0 Å². The molecule has 8 heteroatoms. The van der Waals surface area contributed by atoms with Crippen LogP contribution in [0.25, 0.3) is 27.8 Å². The van der Waals surface area contributed by atoms with Crippen LogP contribution in [0.4, 0.5) is 8.78 Å². The minimum Gasteiger partial charge on any atom is -0.314 e. The van der Waals surface area contributed by atoms with Gasteiger partial charge in [-0.3, -0.25) is 4.68 Å². The van der Waals surface area contributed by atoms with Crippen molar-refractivity contribution < 1.29 is 8.78 Å². The normalized spacial score (nSPS) is 20.3. The van der Waals surface area contributed by atoms with Gasteiger partial charge in [0.1, 0.15) is 11.7 Å². The van der Waals surface area contributed by atoms with Gasteiger partial charge in [-0.25, -0.2) is 18.3 Å². The topological polar surface area (TPSA) is 60.0 Å². The van der Waals surface area contributed by atoms with E-state index in [1.807, 2.05) is 32.2 Å². The highest BCUT2D eigenvalue weighted by molar-refractivity contribution is 5.84. The van der Waals surface area contributed by atoms with Crippen molar-refractivity contribution in [2.24, 2.45) is 0 Å². The number of benzene rings is 1. The lowest BCUT2D eigenvalue weighted by molar-refractivity contribution is 0.174. The third-order valence-corrected chi connectivity index (χ3v) is 5.32. The first-order valence-corrected chi connectivity index (χ1v) is 9.37. The molecule has 3 aromatic heterocycles. The molecule has 6 nitrogen and oxygen atoms in total. The molecule has 1 aromatic carbocycles. The molecule has 2 atom stereocenters. The third kappa shape index (κ3) is 2.75. The SMILES string of the molecule is Cc1cn2nc(-c3cc(F)c4nn(C5CCNCC5F)cc4c3)cc(C)c2n1. The molecular formula is C20H20F2N6. The van der Waals surface area contributed by atoms with Gasteiger partial charge in [0.15, 0.2) is 11.5 Å². The summed E-state index contributed by atoms with van der Waals surface area (Å²) < 4.78 is 32.4. The summed E-state index contributed by atoms with van der Waals surface area (Å²) in [5.74, 6) is -0.433. The summed E-state index contributed by atoms with van der Waals surface area (Å²) in [5, 5.41) is 12.6. The van der Waals surface area contributed by atoms with E-state index in [2.05, 4.69) is 20.5 Å². The van der Waals surface area contributed by atoms with E-state index in [4.69, 9.17) is 0 Å². The van der Waals surface area contributed by atoms with Gasteiger partial charge in [0.2, 0.25) is 0 Å². The molecule has 1 N–H and O–H groups in total. The largest absolute Gasteiger partial charge is 0.314 e. The molecule has 1 saturated heterocycles. The number of nitrogens with one attached hydrogen (secondary N) is 1. The van der Waals surface area contributed by atoms with Crippen LogP contribution in [-0.4, -0.2) is 43.6 Å². The predicted molar refractivity (Wildman–Crippen MR) is 103 cm³/mol. The van der Waals surface area contributed by atoms with E-state index in [0.717, 1.165) is 23.4 Å². The summed E-state index contributed by atoms with van der Waals surface area (Å²) in [5.41, 5.74) is 4.19. The van der Waals surface area contributed by atoms with Crippen molar-refractivity contribution in [2.75, 3.05) is 13.1 Å². The number of piperidine rings is 1. The van der Waals surface area contributed by atoms with E-state index in [1.165, 1.54) is 6.07 Å². The minimum atomic E-state index is -1.04. The zero-order chi connectivity index (χ0) is 19.4. The first-order chi connectivity index (χ1) is 13.5. The number of hydrogen-bond acceptors (Lipinski definition) is 4. The van der Waals surface area contributed by atoms with Gasteiger partial charge >= 0.3 is 0 Å². The molecule has 1 aliphatic heterocycles. The average Bonchev–Trinajstić information content (AvgIpc) is 3.25. The Morgan fingerprint density at radius 1 is 1.14 bits per heavy atom. The van der Waals surface area contributed by atoms with Gasteiger partial charge in [-0.1, -0.05) is 0 Å². The Hall–Kier alpha value is -2.87. The van der Waals surface area contributed by atoms with Crippen LogP contribution in [0.5, 0.6) is 0 Å². The number of fused-ring (bicyclic) bond motifs is 2. The van der Waals surface area contributed by atoms with Crippen molar-refractivity contribution in [1.82, 2.24) is 29.7 Å². The molecule has 0 bridgehead atoms. The molecule has 28 heavy (non-hydrogen) atoms. The van der Waals surface area contributed by atoms with Crippen LogP contribution in [0, 0.1) is 19.7 Å². The lowest BCUT2D eigenvalue weighted by atomic mass is 10.1. The standard InChI is InChI=1S/C20H20F2N6/c1-11-5-17(25-28-9-12(2)24-20(11)28)13-6-14-10-27(26-19(14)15(21)7-13)18-3-4-23-8-16(18)22/h5-7,9-10,16,18,23H,3-4,8H2,1-2H3. The first kappa shape index (κ1) is 17.2. The molecule has 0 spiro atoms. The van der Waals surface area contributed by atoms with Crippen LogP contribution in [0.2, 0.25) is 0 Å². The summed E-state index contributed by atoms with van der Waals surface area (Å²) in [6, 6.07) is 4.82. The summed E-state index contributed by atoms with van der Waals surface area (Å²) >= 11 is 0. The molecule has 1 aliphatic rings. The summed E-state index contributed by atoms with van der Waals surface area (Å²) in [7, 11) is 0. The maximum atomic E-state index is 14.8. The van der Waals surface area contributed by atoms with Crippen molar-refractivity contribution in [3.8, 4) is 11.3 Å². The Bertz CT molecular complexity index is 1190. The van der Waals surface area contributed by atoms with Crippen LogP contribution < -0.4 is 5.32 Å². The summed E-state index contributed by atoms with van der Waals surface area (Å²) in [6.07, 6.45) is 3.16. The molecule has 0 radical (unpaired) electrons. The van der Waals surface area contributed by atoms with Crippen LogP contribution in [0.3, 0.4) is 0 Å². The molecule has 5 rings (SSSR count). The van der Waals surface area contributed by atoms with E-state index < -0.39 is 12.0 Å². The van der Waals surface area contributed by atoms with Gasteiger partial charge in [-0.05, 0) is 50.6 Å². The van der Waals surface area contributed by atoms with Gasteiger partial charge in [0, 0.05) is 23.7 Å². The van der Waals surface area contributed by atoms with E-state index in [9.17, 15) is 8.78 Å². The Labute approximate surface area is 160 Å². The second-order valence-electron chi connectivity index (χ2n) is 7.44. The molecule has 1 fully saturated rings. The Kier molecular flexibility index (Phi) is 3.90. The number of halogens is 2. The molecule has 0 aliphatic carbocycles. The Morgan fingerprint density at radius 2 is 2.00 bits per heavy atom. The second kappa shape index (κ2) is 6.34. The minimum absolute atomic E-state index is 0.255. The number of aromatic nitrogens is 5. The maximum absolute atomic E-state index is 14.8. The first-order valence-electron chi connectivity index (χ1n) is 9.37. The van der Waals surface area contributed by atoms with E-state index in [1.54, 1.807) is 15.4 Å². The maximum Gasteiger partial charge on any atom is 0.156 e. The Morgan fingerprint density at radius 3 is 2.82 bits per heavy atom. The Balaban J connectivity index is 1.61. The molecular weight excluding hydrogens is 362 g/mol. The fourth-order valence-electron chi connectivity index (χ4n) is 3.92. The highest BCUT2D eigenvalue weighted by Crippen LogP contribution is 2.29. The van der Waals surface area contributed by atoms with Gasteiger partial charge in [0.05, 0.1) is 23.6 Å². The smallest absolute Gasteiger partial charge is 0.156 e. The second-order valence-corrected chi connectivity index (χ2v) is 7.44. The molecule has 0 saturated carbocycles. The van der Waals surface area contributed by atoms with E-state index in [-0.39, 0.29) is 11.6 Å². The fraction of sp³-hybridized carbons (Fsp3) is 0.350. The molecule has 4 aromatic rings. The van der Waals surface area contributed by atoms with E-state index >= 15 is 0 Å². The molecule has 0 amide bonds. The van der Waals surface area contributed by atoms with Crippen LogP contribution in [-0.2, 0) is 0 Å². The van der Waals surface area contributed by atoms with Crippen molar-refractivity contribution in [3.63, 3.8) is 0 Å². The summed E-state index contributed by atoms with van der Waals surface area (Å²) in [4.78, 5) is 4.45. The zero-order valence-corrected chi connectivity index (χ0v) is 15.7. The number of rotatable bonds is 2. The number of imidazole rings is 1. The predicted octanol–water partition coefficient (Wildman–Crippen LogP) is 3.37. The zero-order valence-electron chi connectivity index (χ0n) is 15.7. The average molecular weight is 382 g/mol. The number of hydrogen-bond donors (Lipinski definition) is 1. The van der Waals surface area contributed by atoms with Gasteiger partial charge in [-0.2, -0.15) is 10.2 Å². The van der Waals surface area contributed by atoms with Gasteiger partial charge in [0.25, 0.3) is 0 Å². The quantitative estimate of drug-likeness (QED) is 0.577. The molecule has 4 heterocycles. The lowest BCUT2D eigenvalue weighted by Crippen LogP contribution is -2.39. The van der Waals surface area contributed by atoms with Crippen molar-refractivity contribution in [1.29, 1.82) is 0 Å². The van der Waals surface area contributed by atoms with Crippen molar-refractivity contribution in [3.05, 3.63) is 47.7 Å². The van der Waals surface area contributed by atoms with E-state index in [0.29, 0.717) is 29.6 Å².